The van der Waals surface area contributed by atoms with Crippen LogP contribution in [0.5, 0.6) is 0 Å². The summed E-state index contributed by atoms with van der Waals surface area (Å²) in [5.41, 5.74) is 0.797. The van der Waals surface area contributed by atoms with Crippen molar-refractivity contribution in [2.75, 3.05) is 19.7 Å². The number of rotatable bonds is 4. The Balaban J connectivity index is 0.00000162. The molecule has 2 unspecified atom stereocenters. The summed E-state index contributed by atoms with van der Waals surface area (Å²) in [5.74, 6) is -0.132. The second kappa shape index (κ2) is 8.01. The van der Waals surface area contributed by atoms with Crippen LogP contribution in [0.4, 0.5) is 0 Å². The minimum absolute atomic E-state index is 0. The van der Waals surface area contributed by atoms with E-state index in [2.05, 4.69) is 10.3 Å². The lowest BCUT2D eigenvalue weighted by molar-refractivity contribution is 0.329. The minimum atomic E-state index is -3.51. The highest BCUT2D eigenvalue weighted by Gasteiger charge is 2.39. The Kier molecular flexibility index (Phi) is 7.85. The van der Waals surface area contributed by atoms with Crippen LogP contribution in [-0.2, 0) is 14.3 Å². The van der Waals surface area contributed by atoms with Gasteiger partial charge in [-0.05, 0) is 19.1 Å². The number of pyridine rings is 1. The maximum atomic E-state index is 11.9. The molecule has 19 heavy (non-hydrogen) atoms. The molecule has 2 atom stereocenters. The summed E-state index contributed by atoms with van der Waals surface area (Å²) < 4.78 is 28.7. The molecule has 0 saturated carbocycles. The molecule has 1 fully saturated rings. The van der Waals surface area contributed by atoms with Gasteiger partial charge in [0.15, 0.2) is 0 Å². The molecular weight excluding hydrogens is 311 g/mol. The maximum Gasteiger partial charge on any atom is 0.272 e. The van der Waals surface area contributed by atoms with Crippen molar-refractivity contribution in [1.29, 1.82) is 0 Å². The first-order chi connectivity index (χ1) is 8.15. The first kappa shape index (κ1) is 18.6. The van der Waals surface area contributed by atoms with Crippen molar-refractivity contribution < 1.29 is 12.6 Å². The molecule has 1 aromatic rings. The van der Waals surface area contributed by atoms with Gasteiger partial charge in [0.25, 0.3) is 10.1 Å². The van der Waals surface area contributed by atoms with Gasteiger partial charge in [0, 0.05) is 30.9 Å². The van der Waals surface area contributed by atoms with E-state index in [1.54, 1.807) is 13.1 Å². The Morgan fingerprint density at radius 3 is 2.68 bits per heavy atom. The Hall–Kier alpha value is -0.400. The van der Waals surface area contributed by atoms with Crippen LogP contribution < -0.4 is 5.32 Å². The molecule has 0 aromatic carbocycles. The lowest BCUT2D eigenvalue weighted by atomic mass is 10.0. The van der Waals surface area contributed by atoms with Crippen LogP contribution in [-0.4, -0.2) is 38.3 Å². The van der Waals surface area contributed by atoms with Crippen molar-refractivity contribution in [2.45, 2.75) is 18.1 Å². The van der Waals surface area contributed by atoms with Crippen LogP contribution in [0, 0.1) is 0 Å². The van der Waals surface area contributed by atoms with E-state index in [1.165, 1.54) is 0 Å². The fourth-order valence-electron chi connectivity index (χ4n) is 2.10. The summed E-state index contributed by atoms with van der Waals surface area (Å²) in [5, 5.41) is 2.54. The van der Waals surface area contributed by atoms with Crippen LogP contribution >= 0.6 is 24.8 Å². The number of nitrogens with one attached hydrogen (secondary N) is 1. The molecule has 2 rings (SSSR count). The van der Waals surface area contributed by atoms with Gasteiger partial charge < -0.3 is 5.32 Å². The molecular formula is C11H18Cl2N2O3S. The quantitative estimate of drug-likeness (QED) is 0.845. The Morgan fingerprint density at radius 2 is 2.11 bits per heavy atom. The highest BCUT2D eigenvalue weighted by atomic mass is 35.5. The van der Waals surface area contributed by atoms with Gasteiger partial charge in [-0.15, -0.1) is 24.8 Å². The van der Waals surface area contributed by atoms with Gasteiger partial charge in [-0.25, -0.2) is 0 Å². The zero-order chi connectivity index (χ0) is 12.3. The fraction of sp³-hybridized carbons (Fsp3) is 0.545. The smallest absolute Gasteiger partial charge is 0.272 e. The monoisotopic (exact) mass is 328 g/mol. The van der Waals surface area contributed by atoms with Crippen LogP contribution in [0.2, 0.25) is 0 Å². The van der Waals surface area contributed by atoms with Crippen molar-refractivity contribution in [3.05, 3.63) is 30.1 Å². The van der Waals surface area contributed by atoms with Crippen molar-refractivity contribution in [2.24, 2.45) is 0 Å². The fourth-order valence-corrected chi connectivity index (χ4v) is 3.56. The number of halogens is 2. The van der Waals surface area contributed by atoms with E-state index in [9.17, 15) is 8.42 Å². The molecule has 1 aromatic heterocycles. The molecule has 5 nitrogen and oxygen atoms in total. The highest BCUT2D eigenvalue weighted by Crippen LogP contribution is 2.27. The predicted octanol–water partition coefficient (Wildman–Crippen LogP) is 1.35. The molecule has 0 bridgehead atoms. The largest absolute Gasteiger partial charge is 0.315 e. The van der Waals surface area contributed by atoms with Crippen LogP contribution in [0.3, 0.4) is 0 Å². The van der Waals surface area contributed by atoms with Gasteiger partial charge in [-0.3, -0.25) is 9.17 Å². The van der Waals surface area contributed by atoms with E-state index in [0.29, 0.717) is 13.1 Å². The van der Waals surface area contributed by atoms with E-state index in [1.807, 2.05) is 18.2 Å². The number of aromatic nitrogens is 1. The predicted molar refractivity (Wildman–Crippen MR) is 78.7 cm³/mol. The SMILES string of the molecule is CCOS(=O)(=O)C1CNCC1c1ccccn1.Cl.Cl. The summed E-state index contributed by atoms with van der Waals surface area (Å²) in [6.07, 6.45) is 1.68. The zero-order valence-corrected chi connectivity index (χ0v) is 12.9. The van der Waals surface area contributed by atoms with Crippen molar-refractivity contribution in [3.8, 4) is 0 Å². The normalized spacial score (nSPS) is 22.4. The first-order valence-electron chi connectivity index (χ1n) is 5.65. The molecule has 1 N–H and O–H groups in total. The second-order valence-electron chi connectivity index (χ2n) is 3.96. The summed E-state index contributed by atoms with van der Waals surface area (Å²) in [6.45, 7) is 2.89. The average molecular weight is 329 g/mol. The molecule has 1 saturated heterocycles. The minimum Gasteiger partial charge on any atom is -0.315 e. The molecule has 0 amide bonds. The molecule has 8 heteroatoms. The van der Waals surface area contributed by atoms with Gasteiger partial charge in [-0.2, -0.15) is 8.42 Å². The summed E-state index contributed by atoms with van der Waals surface area (Å²) in [7, 11) is -3.51. The molecule has 0 radical (unpaired) electrons. The highest BCUT2D eigenvalue weighted by molar-refractivity contribution is 7.87. The molecule has 1 aliphatic rings. The van der Waals surface area contributed by atoms with E-state index in [-0.39, 0.29) is 37.3 Å². The average Bonchev–Trinajstić information content (AvgIpc) is 2.79. The van der Waals surface area contributed by atoms with Crippen LogP contribution in [0.1, 0.15) is 18.5 Å². The molecule has 2 heterocycles. The van der Waals surface area contributed by atoms with E-state index in [4.69, 9.17) is 4.18 Å². The van der Waals surface area contributed by atoms with Crippen LogP contribution in [0.15, 0.2) is 24.4 Å². The Morgan fingerprint density at radius 1 is 1.37 bits per heavy atom. The lowest BCUT2D eigenvalue weighted by Gasteiger charge is -2.17. The van der Waals surface area contributed by atoms with E-state index < -0.39 is 15.4 Å². The molecule has 0 spiro atoms. The summed E-state index contributed by atoms with van der Waals surface area (Å²) in [4.78, 5) is 4.22. The third-order valence-corrected chi connectivity index (χ3v) is 4.68. The third kappa shape index (κ3) is 4.29. The maximum absolute atomic E-state index is 11.9. The Bertz CT molecular complexity index is 470. The van der Waals surface area contributed by atoms with Gasteiger partial charge in [0.2, 0.25) is 0 Å². The van der Waals surface area contributed by atoms with Crippen LogP contribution in [0.25, 0.3) is 0 Å². The molecule has 110 valence electrons. The van der Waals surface area contributed by atoms with Crippen molar-refractivity contribution >= 4 is 34.9 Å². The van der Waals surface area contributed by atoms with Gasteiger partial charge in [0.05, 0.1) is 6.61 Å². The van der Waals surface area contributed by atoms with Crippen molar-refractivity contribution in [1.82, 2.24) is 10.3 Å². The lowest BCUT2D eigenvalue weighted by Crippen LogP contribution is -2.30. The summed E-state index contributed by atoms with van der Waals surface area (Å²) in [6, 6.07) is 5.54. The van der Waals surface area contributed by atoms with Crippen molar-refractivity contribution in [3.63, 3.8) is 0 Å². The summed E-state index contributed by atoms with van der Waals surface area (Å²) >= 11 is 0. The van der Waals surface area contributed by atoms with Gasteiger partial charge >= 0.3 is 0 Å². The van der Waals surface area contributed by atoms with E-state index >= 15 is 0 Å². The van der Waals surface area contributed by atoms with Gasteiger partial charge in [-0.1, -0.05) is 6.07 Å². The van der Waals surface area contributed by atoms with Gasteiger partial charge in [0.1, 0.15) is 5.25 Å². The molecule has 0 aliphatic carbocycles. The molecule has 1 aliphatic heterocycles. The number of hydrogen-bond donors (Lipinski definition) is 1. The number of nitrogens with zero attached hydrogens (tertiary/aromatic N) is 1. The van der Waals surface area contributed by atoms with E-state index in [0.717, 1.165) is 5.69 Å². The second-order valence-corrected chi connectivity index (χ2v) is 5.78. The Labute approximate surface area is 126 Å². The zero-order valence-electron chi connectivity index (χ0n) is 10.5. The topological polar surface area (TPSA) is 68.3 Å². The first-order valence-corrected chi connectivity index (χ1v) is 7.12. The number of hydrogen-bond acceptors (Lipinski definition) is 5. The standard InChI is InChI=1S/C11H16N2O3S.2ClH/c1-2-16-17(14,15)11-8-12-7-9(11)10-5-3-4-6-13-10;;/h3-6,9,11-12H,2,7-8H2,1H3;2*1H. The third-order valence-electron chi connectivity index (χ3n) is 2.88.